The van der Waals surface area contributed by atoms with Crippen LogP contribution in [0.2, 0.25) is 0 Å². The number of nitrogens with zero attached hydrogens (tertiary/aromatic N) is 1. The average Bonchev–Trinajstić information content (AvgIpc) is 2.58. The smallest absolute Gasteiger partial charge is 0.254 e. The van der Waals surface area contributed by atoms with Gasteiger partial charge in [-0.15, -0.1) is 0 Å². The van der Waals surface area contributed by atoms with E-state index in [0.717, 1.165) is 17.7 Å². The first-order chi connectivity index (χ1) is 11.8. The summed E-state index contributed by atoms with van der Waals surface area (Å²) in [5, 5.41) is 11.8. The molecule has 0 saturated carbocycles. The Kier molecular flexibility index (Phi) is 5.69. The monoisotopic (exact) mass is 348 g/mol. The second-order valence-electron chi connectivity index (χ2n) is 5.58. The summed E-state index contributed by atoms with van der Waals surface area (Å²) in [5.41, 5.74) is 0.393. The zero-order chi connectivity index (χ0) is 18.6. The summed E-state index contributed by atoms with van der Waals surface area (Å²) in [4.78, 5) is 25.5. The summed E-state index contributed by atoms with van der Waals surface area (Å²) in [5.74, 6) is -2.89. The molecule has 0 fully saturated rings. The lowest BCUT2D eigenvalue weighted by Crippen LogP contribution is -2.39. The highest BCUT2D eigenvalue weighted by atomic mass is 19.1. The number of hydrogen-bond donors (Lipinski definition) is 2. The molecule has 0 aliphatic rings. The average molecular weight is 348 g/mol. The number of carbonyl (C=O) groups excluding carboxylic acids is 2. The Morgan fingerprint density at radius 2 is 1.92 bits per heavy atom. The number of phenolic OH excluding ortho intramolecular Hbond substituents is 1. The molecule has 0 aromatic heterocycles. The van der Waals surface area contributed by atoms with Gasteiger partial charge in [0.05, 0.1) is 18.2 Å². The Bertz CT molecular complexity index is 796. The molecule has 1 atom stereocenters. The number of likely N-dealkylation sites (N-methyl/N-ethyl adjacent to an activating group) is 1. The van der Waals surface area contributed by atoms with E-state index in [9.17, 15) is 23.5 Å². The second-order valence-corrected chi connectivity index (χ2v) is 5.58. The highest BCUT2D eigenvalue weighted by Gasteiger charge is 2.19. The lowest BCUT2D eigenvalue weighted by Gasteiger charge is -2.25. The van der Waals surface area contributed by atoms with Gasteiger partial charge < -0.3 is 15.3 Å². The van der Waals surface area contributed by atoms with Crippen LogP contribution in [0.4, 0.5) is 8.78 Å². The molecular formula is C18H18F2N2O3. The molecule has 0 radical (unpaired) electrons. The van der Waals surface area contributed by atoms with Crippen LogP contribution in [0.5, 0.6) is 5.75 Å². The van der Waals surface area contributed by atoms with Crippen LogP contribution in [-0.4, -0.2) is 35.4 Å². The molecule has 132 valence electrons. The van der Waals surface area contributed by atoms with Crippen molar-refractivity contribution >= 4 is 11.8 Å². The topological polar surface area (TPSA) is 69.6 Å². The molecular weight excluding hydrogens is 330 g/mol. The maximum absolute atomic E-state index is 13.6. The van der Waals surface area contributed by atoms with Gasteiger partial charge in [0.15, 0.2) is 0 Å². The molecule has 2 rings (SSSR count). The molecule has 2 aromatic rings. The fourth-order valence-electron chi connectivity index (χ4n) is 2.27. The number of amides is 2. The Labute approximate surface area is 143 Å². The normalized spacial score (nSPS) is 11.7. The largest absolute Gasteiger partial charge is 0.508 e. The maximum Gasteiger partial charge on any atom is 0.254 e. The molecule has 7 heteroatoms. The minimum Gasteiger partial charge on any atom is -0.508 e. The van der Waals surface area contributed by atoms with Crippen LogP contribution in [0.25, 0.3) is 0 Å². The molecule has 0 aliphatic heterocycles. The van der Waals surface area contributed by atoms with E-state index in [1.165, 1.54) is 11.0 Å². The molecule has 0 unspecified atom stereocenters. The lowest BCUT2D eigenvalue weighted by atomic mass is 10.1. The molecule has 25 heavy (non-hydrogen) atoms. The van der Waals surface area contributed by atoms with Gasteiger partial charge in [-0.05, 0) is 36.8 Å². The lowest BCUT2D eigenvalue weighted by molar-refractivity contribution is -0.130. The van der Waals surface area contributed by atoms with Crippen LogP contribution in [0.3, 0.4) is 0 Å². The van der Waals surface area contributed by atoms with Gasteiger partial charge in [0, 0.05) is 13.1 Å². The molecule has 2 N–H and O–H groups in total. The van der Waals surface area contributed by atoms with E-state index < -0.39 is 23.4 Å². The van der Waals surface area contributed by atoms with Crippen molar-refractivity contribution in [3.63, 3.8) is 0 Å². The Morgan fingerprint density at radius 3 is 2.56 bits per heavy atom. The van der Waals surface area contributed by atoms with Crippen molar-refractivity contribution in [2.75, 3.05) is 13.6 Å². The fraction of sp³-hybridized carbons (Fsp3) is 0.222. The van der Waals surface area contributed by atoms with Crippen molar-refractivity contribution in [2.24, 2.45) is 0 Å². The van der Waals surface area contributed by atoms with Gasteiger partial charge in [0.2, 0.25) is 5.91 Å². The van der Waals surface area contributed by atoms with Crippen molar-refractivity contribution in [1.29, 1.82) is 0 Å². The van der Waals surface area contributed by atoms with Gasteiger partial charge in [0.25, 0.3) is 5.91 Å². The molecule has 0 saturated heterocycles. The van der Waals surface area contributed by atoms with Crippen molar-refractivity contribution in [1.82, 2.24) is 10.2 Å². The maximum atomic E-state index is 13.6. The highest BCUT2D eigenvalue weighted by molar-refractivity contribution is 5.96. The molecule has 5 nitrogen and oxygen atoms in total. The third-order valence-corrected chi connectivity index (χ3v) is 3.90. The molecule has 2 aromatic carbocycles. The first-order valence-electron chi connectivity index (χ1n) is 7.57. The second kappa shape index (κ2) is 7.74. The fourth-order valence-corrected chi connectivity index (χ4v) is 2.27. The highest BCUT2D eigenvalue weighted by Crippen LogP contribution is 2.22. The molecule has 2 amide bonds. The van der Waals surface area contributed by atoms with Crippen molar-refractivity contribution in [3.05, 3.63) is 65.2 Å². The minimum atomic E-state index is -0.994. The number of halogens is 2. The van der Waals surface area contributed by atoms with Crippen LogP contribution in [-0.2, 0) is 4.79 Å². The van der Waals surface area contributed by atoms with E-state index in [4.69, 9.17) is 0 Å². The zero-order valence-corrected chi connectivity index (χ0v) is 13.8. The first-order valence-corrected chi connectivity index (χ1v) is 7.57. The quantitative estimate of drug-likeness (QED) is 0.873. The summed E-state index contributed by atoms with van der Waals surface area (Å²) in [7, 11) is 1.56. The number of nitrogens with one attached hydrogen (secondary N) is 1. The summed E-state index contributed by atoms with van der Waals surface area (Å²) >= 11 is 0. The summed E-state index contributed by atoms with van der Waals surface area (Å²) in [6.45, 7) is 1.43. The van der Waals surface area contributed by atoms with E-state index in [1.807, 2.05) is 0 Å². The molecule has 0 bridgehead atoms. The third kappa shape index (κ3) is 4.53. The molecule has 0 aliphatic carbocycles. The number of rotatable bonds is 5. The van der Waals surface area contributed by atoms with Crippen LogP contribution in [0.1, 0.15) is 28.9 Å². The molecule has 0 heterocycles. The van der Waals surface area contributed by atoms with E-state index in [1.54, 1.807) is 32.2 Å². The van der Waals surface area contributed by atoms with E-state index in [2.05, 4.69) is 5.32 Å². The Balaban J connectivity index is 1.98. The van der Waals surface area contributed by atoms with Crippen LogP contribution in [0.15, 0.2) is 42.5 Å². The van der Waals surface area contributed by atoms with Gasteiger partial charge in [-0.25, -0.2) is 8.78 Å². The predicted molar refractivity (Wildman–Crippen MR) is 88.0 cm³/mol. The van der Waals surface area contributed by atoms with E-state index in [-0.39, 0.29) is 23.9 Å². The van der Waals surface area contributed by atoms with Crippen molar-refractivity contribution < 1.29 is 23.5 Å². The predicted octanol–water partition coefficient (Wildman–Crippen LogP) is 2.62. The van der Waals surface area contributed by atoms with Crippen molar-refractivity contribution in [2.45, 2.75) is 13.0 Å². The van der Waals surface area contributed by atoms with E-state index in [0.29, 0.717) is 6.07 Å². The number of carbonyl (C=O) groups is 2. The summed E-state index contributed by atoms with van der Waals surface area (Å²) < 4.78 is 26.4. The van der Waals surface area contributed by atoms with Gasteiger partial charge in [-0.1, -0.05) is 12.1 Å². The standard InChI is InChI=1S/C18H18F2N2O3/c1-11(12-4-3-5-14(23)8-12)22(2)17(24)10-21-18(25)15-7-6-13(19)9-16(15)20/h3-9,11,23H,10H2,1-2H3,(H,21,25)/t11-/m1/s1. The number of phenols is 1. The minimum absolute atomic E-state index is 0.0882. The third-order valence-electron chi connectivity index (χ3n) is 3.90. The number of aromatic hydroxyl groups is 1. The Hall–Kier alpha value is -2.96. The Morgan fingerprint density at radius 1 is 1.20 bits per heavy atom. The van der Waals surface area contributed by atoms with Crippen LogP contribution >= 0.6 is 0 Å². The zero-order valence-electron chi connectivity index (χ0n) is 13.8. The van der Waals surface area contributed by atoms with Crippen LogP contribution in [0, 0.1) is 11.6 Å². The van der Waals surface area contributed by atoms with Gasteiger partial charge in [-0.3, -0.25) is 9.59 Å². The van der Waals surface area contributed by atoms with Crippen molar-refractivity contribution in [3.8, 4) is 5.75 Å². The number of hydrogen-bond acceptors (Lipinski definition) is 3. The first kappa shape index (κ1) is 18.4. The van der Waals surface area contributed by atoms with E-state index >= 15 is 0 Å². The van der Waals surface area contributed by atoms with Gasteiger partial charge in [0.1, 0.15) is 17.4 Å². The summed E-state index contributed by atoms with van der Waals surface area (Å²) in [6.07, 6.45) is 0. The van der Waals surface area contributed by atoms with Gasteiger partial charge >= 0.3 is 0 Å². The van der Waals surface area contributed by atoms with Gasteiger partial charge in [-0.2, -0.15) is 0 Å². The molecule has 0 spiro atoms. The van der Waals surface area contributed by atoms with Crippen LogP contribution < -0.4 is 5.32 Å². The number of benzene rings is 2. The summed E-state index contributed by atoms with van der Waals surface area (Å²) in [6, 6.07) is 8.75. The SMILES string of the molecule is C[C@H](c1cccc(O)c1)N(C)C(=O)CNC(=O)c1ccc(F)cc1F.